The van der Waals surface area contributed by atoms with Gasteiger partial charge in [-0.25, -0.2) is 4.79 Å². The number of carbonyl (C=O) groups is 2. The molecule has 3 aromatic rings. The van der Waals surface area contributed by atoms with Crippen molar-refractivity contribution in [2.75, 3.05) is 19.7 Å². The number of aryl methyl sites for hydroxylation is 1. The highest BCUT2D eigenvalue weighted by molar-refractivity contribution is 6.30. The normalized spacial score (nSPS) is 16.4. The number of nitrogens with zero attached hydrogens (tertiary/aromatic N) is 2. The Morgan fingerprint density at radius 1 is 1.13 bits per heavy atom. The van der Waals surface area contributed by atoms with Crippen LogP contribution in [0.2, 0.25) is 5.02 Å². The summed E-state index contributed by atoms with van der Waals surface area (Å²) in [6.07, 6.45) is 1.99. The molecule has 8 heteroatoms. The van der Waals surface area contributed by atoms with Crippen LogP contribution in [0.25, 0.3) is 11.0 Å². The Labute approximate surface area is 184 Å². The van der Waals surface area contributed by atoms with Gasteiger partial charge in [0.1, 0.15) is 0 Å². The summed E-state index contributed by atoms with van der Waals surface area (Å²) in [7, 11) is 0. The van der Waals surface area contributed by atoms with Crippen molar-refractivity contribution in [3.63, 3.8) is 0 Å². The lowest BCUT2D eigenvalue weighted by atomic mass is 9.97. The lowest BCUT2D eigenvalue weighted by Gasteiger charge is -2.31. The molecule has 31 heavy (non-hydrogen) atoms. The number of H-pyrrole nitrogens is 1. The minimum absolute atomic E-state index is 0.104. The molecular weight excluding hydrogens is 418 g/mol. The number of likely N-dealkylation sites (tertiary alicyclic amines) is 1. The van der Waals surface area contributed by atoms with Gasteiger partial charge in [0.05, 0.1) is 23.6 Å². The number of rotatable bonds is 6. The van der Waals surface area contributed by atoms with Crippen LogP contribution in [0.3, 0.4) is 0 Å². The average Bonchev–Trinajstić information content (AvgIpc) is 3.11. The molecule has 0 bridgehead atoms. The molecule has 1 atom stereocenters. The van der Waals surface area contributed by atoms with Gasteiger partial charge in [0.2, 0.25) is 0 Å². The van der Waals surface area contributed by atoms with Gasteiger partial charge in [-0.05, 0) is 55.7 Å². The van der Waals surface area contributed by atoms with Crippen LogP contribution in [0, 0.1) is 5.92 Å². The summed E-state index contributed by atoms with van der Waals surface area (Å²) in [5.74, 6) is -0.728. The minimum Gasteiger partial charge on any atom is -0.465 e. The molecule has 0 unspecified atom stereocenters. The Morgan fingerprint density at radius 3 is 2.71 bits per heavy atom. The minimum atomic E-state index is -0.333. The lowest BCUT2D eigenvalue weighted by molar-refractivity contribution is -0.150. The first-order chi connectivity index (χ1) is 15.0. The molecule has 1 saturated heterocycles. The third kappa shape index (κ3) is 4.82. The van der Waals surface area contributed by atoms with Gasteiger partial charge in [-0.1, -0.05) is 23.7 Å². The van der Waals surface area contributed by atoms with Gasteiger partial charge in [0.15, 0.2) is 0 Å². The highest BCUT2D eigenvalue weighted by Crippen LogP contribution is 2.21. The standard InChI is InChI=1S/C23H24ClN3O4/c24-18-10-8-16(9-11-18)21(28)26-12-3-5-17(15-26)22(29)31-14-4-13-27-20-7-2-1-6-19(20)25-23(27)30/h1-2,6-11,17H,3-5,12-15H2,(H,25,30)/t17-/m1/s1. The van der Waals surface area contributed by atoms with Gasteiger partial charge in [0.25, 0.3) is 5.91 Å². The van der Waals surface area contributed by atoms with Crippen LogP contribution in [0.15, 0.2) is 53.3 Å². The van der Waals surface area contributed by atoms with E-state index in [-0.39, 0.29) is 30.1 Å². The van der Waals surface area contributed by atoms with Gasteiger partial charge >= 0.3 is 11.7 Å². The summed E-state index contributed by atoms with van der Waals surface area (Å²) in [4.78, 5) is 41.9. The van der Waals surface area contributed by atoms with Gasteiger partial charge < -0.3 is 14.6 Å². The topological polar surface area (TPSA) is 84.4 Å². The number of para-hydroxylation sites is 2. The first-order valence-corrected chi connectivity index (χ1v) is 10.8. The fourth-order valence-corrected chi connectivity index (χ4v) is 4.10. The van der Waals surface area contributed by atoms with Crippen molar-refractivity contribution in [2.45, 2.75) is 25.8 Å². The number of carbonyl (C=O) groups excluding carboxylic acids is 2. The third-order valence-electron chi connectivity index (χ3n) is 5.59. The van der Waals surface area contributed by atoms with E-state index < -0.39 is 0 Å². The van der Waals surface area contributed by atoms with Gasteiger partial charge in [0, 0.05) is 30.2 Å². The Morgan fingerprint density at radius 2 is 1.90 bits per heavy atom. The maximum absolute atomic E-state index is 12.7. The monoisotopic (exact) mass is 441 g/mol. The first-order valence-electron chi connectivity index (χ1n) is 10.4. The van der Waals surface area contributed by atoms with Crippen LogP contribution in [-0.2, 0) is 16.1 Å². The Balaban J connectivity index is 1.28. The van der Waals surface area contributed by atoms with E-state index in [4.69, 9.17) is 16.3 Å². The third-order valence-corrected chi connectivity index (χ3v) is 5.84. The highest BCUT2D eigenvalue weighted by atomic mass is 35.5. The number of hydrogen-bond donors (Lipinski definition) is 1. The van der Waals surface area contributed by atoms with E-state index in [1.54, 1.807) is 33.7 Å². The van der Waals surface area contributed by atoms with Crippen LogP contribution < -0.4 is 5.69 Å². The summed E-state index contributed by atoms with van der Waals surface area (Å²) in [5, 5.41) is 0.576. The Bertz CT molecular complexity index is 1140. The number of halogens is 1. The Kier molecular flexibility index (Phi) is 6.42. The van der Waals surface area contributed by atoms with Crippen molar-refractivity contribution in [1.29, 1.82) is 0 Å². The quantitative estimate of drug-likeness (QED) is 0.469. The largest absolute Gasteiger partial charge is 0.465 e. The molecule has 0 spiro atoms. The molecule has 0 aliphatic carbocycles. The molecule has 1 amide bonds. The number of esters is 1. The van der Waals surface area contributed by atoms with Crippen molar-refractivity contribution in [2.24, 2.45) is 5.92 Å². The second-order valence-corrected chi connectivity index (χ2v) is 8.15. The van der Waals surface area contributed by atoms with E-state index in [9.17, 15) is 14.4 Å². The molecule has 1 fully saturated rings. The SMILES string of the molecule is O=C(OCCCn1c(=O)[nH]c2ccccc21)[C@@H]1CCCN(C(=O)c2ccc(Cl)cc2)C1. The summed E-state index contributed by atoms with van der Waals surface area (Å²) in [5.41, 5.74) is 2.01. The predicted octanol–water partition coefficient (Wildman–Crippen LogP) is 3.47. The molecule has 162 valence electrons. The zero-order valence-electron chi connectivity index (χ0n) is 17.1. The fraction of sp³-hybridized carbons (Fsp3) is 0.348. The zero-order chi connectivity index (χ0) is 21.8. The van der Waals surface area contributed by atoms with Crippen molar-refractivity contribution in [1.82, 2.24) is 14.5 Å². The van der Waals surface area contributed by atoms with E-state index in [0.717, 1.165) is 17.5 Å². The summed E-state index contributed by atoms with van der Waals surface area (Å²) in [6, 6.07) is 14.2. The highest BCUT2D eigenvalue weighted by Gasteiger charge is 2.29. The summed E-state index contributed by atoms with van der Waals surface area (Å²) >= 11 is 5.89. The van der Waals surface area contributed by atoms with Crippen LogP contribution in [-0.4, -0.2) is 46.0 Å². The van der Waals surface area contributed by atoms with Gasteiger partial charge in [-0.3, -0.25) is 14.2 Å². The lowest BCUT2D eigenvalue weighted by Crippen LogP contribution is -2.42. The number of benzene rings is 2. The van der Waals surface area contributed by atoms with E-state index >= 15 is 0 Å². The number of aromatic nitrogens is 2. The van der Waals surface area contributed by atoms with Crippen LogP contribution >= 0.6 is 11.6 Å². The zero-order valence-corrected chi connectivity index (χ0v) is 17.8. The van der Waals surface area contributed by atoms with Crippen LogP contribution in [0.1, 0.15) is 29.6 Å². The predicted molar refractivity (Wildman–Crippen MR) is 118 cm³/mol. The maximum Gasteiger partial charge on any atom is 0.326 e. The van der Waals surface area contributed by atoms with E-state index in [0.29, 0.717) is 43.1 Å². The van der Waals surface area contributed by atoms with Gasteiger partial charge in [-0.2, -0.15) is 0 Å². The number of nitrogens with one attached hydrogen (secondary N) is 1. The molecule has 1 N–H and O–H groups in total. The number of amides is 1. The van der Waals surface area contributed by atoms with Crippen LogP contribution in [0.4, 0.5) is 0 Å². The van der Waals surface area contributed by atoms with Crippen molar-refractivity contribution in [3.8, 4) is 0 Å². The van der Waals surface area contributed by atoms with Crippen molar-refractivity contribution in [3.05, 3.63) is 69.6 Å². The number of piperidine rings is 1. The summed E-state index contributed by atoms with van der Waals surface area (Å²) in [6.45, 7) is 1.66. The maximum atomic E-state index is 12.7. The average molecular weight is 442 g/mol. The molecular formula is C23H24ClN3O4. The number of hydrogen-bond acceptors (Lipinski definition) is 4. The molecule has 2 aromatic carbocycles. The molecule has 1 aliphatic rings. The molecule has 0 radical (unpaired) electrons. The fourth-order valence-electron chi connectivity index (χ4n) is 3.97. The number of fused-ring (bicyclic) bond motifs is 1. The molecule has 7 nitrogen and oxygen atoms in total. The van der Waals surface area contributed by atoms with E-state index in [2.05, 4.69) is 4.98 Å². The van der Waals surface area contributed by atoms with Gasteiger partial charge in [-0.15, -0.1) is 0 Å². The first kappa shape index (κ1) is 21.2. The van der Waals surface area contributed by atoms with E-state index in [1.807, 2.05) is 24.3 Å². The number of imidazole rings is 1. The van der Waals surface area contributed by atoms with Crippen molar-refractivity contribution < 1.29 is 14.3 Å². The molecule has 1 aliphatic heterocycles. The molecule has 2 heterocycles. The molecule has 0 saturated carbocycles. The number of ether oxygens (including phenoxy) is 1. The second kappa shape index (κ2) is 9.39. The van der Waals surface area contributed by atoms with E-state index in [1.165, 1.54) is 0 Å². The molecule has 1 aromatic heterocycles. The number of aromatic amines is 1. The van der Waals surface area contributed by atoms with Crippen molar-refractivity contribution >= 4 is 34.5 Å². The summed E-state index contributed by atoms with van der Waals surface area (Å²) < 4.78 is 7.11. The smallest absolute Gasteiger partial charge is 0.326 e. The Hall–Kier alpha value is -3.06. The molecule has 4 rings (SSSR count). The van der Waals surface area contributed by atoms with Crippen LogP contribution in [0.5, 0.6) is 0 Å². The second-order valence-electron chi connectivity index (χ2n) is 7.72.